The average molecular weight is 324 g/mol. The van der Waals surface area contributed by atoms with Crippen molar-refractivity contribution in [2.45, 2.75) is 39.0 Å². The molecule has 2 rings (SSSR count). The Bertz CT molecular complexity index is 614. The zero-order valence-corrected chi connectivity index (χ0v) is 13.9. The number of nitrogens with zero attached hydrogens (tertiary/aromatic N) is 1. The summed E-state index contributed by atoms with van der Waals surface area (Å²) < 4.78 is 26.3. The van der Waals surface area contributed by atoms with Crippen molar-refractivity contribution in [3.05, 3.63) is 29.8 Å². The minimum atomic E-state index is -3.43. The molecule has 0 saturated carbocycles. The van der Waals surface area contributed by atoms with E-state index >= 15 is 0 Å². The zero-order valence-electron chi connectivity index (χ0n) is 13.0. The molecule has 0 saturated heterocycles. The molecule has 1 heterocycles. The number of carbonyl (C=O) groups is 1. The third-order valence-electron chi connectivity index (χ3n) is 3.87. The molecule has 122 valence electrons. The van der Waals surface area contributed by atoms with Gasteiger partial charge in [0.05, 0.1) is 11.4 Å². The van der Waals surface area contributed by atoms with Crippen LogP contribution in [0.3, 0.4) is 0 Å². The molecule has 0 bridgehead atoms. The fourth-order valence-corrected chi connectivity index (χ4v) is 4.13. The maximum absolute atomic E-state index is 12.4. The van der Waals surface area contributed by atoms with Crippen LogP contribution in [0.2, 0.25) is 0 Å². The normalized spacial score (nSPS) is 14.0. The fraction of sp³-hybridized carbons (Fsp3) is 0.562. The molecule has 1 aliphatic rings. The number of amides is 1. The summed E-state index contributed by atoms with van der Waals surface area (Å²) >= 11 is 0. The zero-order chi connectivity index (χ0) is 16.0. The molecule has 22 heavy (non-hydrogen) atoms. The van der Waals surface area contributed by atoms with Gasteiger partial charge in [-0.3, -0.25) is 9.10 Å². The van der Waals surface area contributed by atoms with E-state index in [2.05, 4.69) is 12.2 Å². The monoisotopic (exact) mass is 324 g/mol. The van der Waals surface area contributed by atoms with Gasteiger partial charge in [0, 0.05) is 19.5 Å². The van der Waals surface area contributed by atoms with Gasteiger partial charge in [-0.2, -0.15) is 0 Å². The van der Waals surface area contributed by atoms with Crippen LogP contribution in [0.5, 0.6) is 0 Å². The first-order valence-electron chi connectivity index (χ1n) is 7.89. The predicted molar refractivity (Wildman–Crippen MR) is 88.4 cm³/mol. The second-order valence-corrected chi connectivity index (χ2v) is 7.59. The summed E-state index contributed by atoms with van der Waals surface area (Å²) in [5.41, 5.74) is 1.81. The number of rotatable bonds is 8. The van der Waals surface area contributed by atoms with Crippen LogP contribution in [-0.4, -0.2) is 33.2 Å². The van der Waals surface area contributed by atoms with Crippen molar-refractivity contribution in [1.29, 1.82) is 0 Å². The van der Waals surface area contributed by atoms with Gasteiger partial charge in [0.2, 0.25) is 15.9 Å². The van der Waals surface area contributed by atoms with E-state index in [1.165, 1.54) is 4.31 Å². The fourth-order valence-electron chi connectivity index (χ4n) is 2.62. The highest BCUT2D eigenvalue weighted by Crippen LogP contribution is 2.30. The molecular formula is C16H24N2O3S. The van der Waals surface area contributed by atoms with E-state index in [9.17, 15) is 13.2 Å². The van der Waals surface area contributed by atoms with Crippen LogP contribution in [0, 0.1) is 0 Å². The van der Waals surface area contributed by atoms with Crippen LogP contribution in [0.4, 0.5) is 5.69 Å². The standard InChI is InChI=1S/C16H24N2O3S/c1-2-3-6-11-17-16(19)10-13-22(20,21)18-12-9-14-7-4-5-8-15(14)18/h4-5,7-8H,2-3,6,9-13H2,1H3,(H,17,19). The first kappa shape index (κ1) is 16.8. The van der Waals surface area contributed by atoms with Crippen molar-refractivity contribution in [1.82, 2.24) is 5.32 Å². The van der Waals surface area contributed by atoms with E-state index in [0.717, 1.165) is 36.9 Å². The van der Waals surface area contributed by atoms with E-state index in [0.29, 0.717) is 13.1 Å². The largest absolute Gasteiger partial charge is 0.356 e. The number of sulfonamides is 1. The maximum atomic E-state index is 12.4. The van der Waals surface area contributed by atoms with Crippen LogP contribution in [0.15, 0.2) is 24.3 Å². The second-order valence-electron chi connectivity index (χ2n) is 5.57. The Hall–Kier alpha value is -1.56. The third kappa shape index (κ3) is 4.22. The summed E-state index contributed by atoms with van der Waals surface area (Å²) in [7, 11) is -3.43. The molecule has 0 unspecified atom stereocenters. The highest BCUT2D eigenvalue weighted by atomic mass is 32.2. The third-order valence-corrected chi connectivity index (χ3v) is 5.64. The molecule has 1 aromatic rings. The smallest absolute Gasteiger partial charge is 0.235 e. The Balaban J connectivity index is 1.86. The lowest BCUT2D eigenvalue weighted by molar-refractivity contribution is -0.120. The highest BCUT2D eigenvalue weighted by Gasteiger charge is 2.29. The number of unbranched alkanes of at least 4 members (excludes halogenated alkanes) is 2. The Morgan fingerprint density at radius 2 is 2.05 bits per heavy atom. The number of para-hydroxylation sites is 1. The number of hydrogen-bond acceptors (Lipinski definition) is 3. The van der Waals surface area contributed by atoms with E-state index in [4.69, 9.17) is 0 Å². The maximum Gasteiger partial charge on any atom is 0.235 e. The molecule has 0 aliphatic carbocycles. The number of benzene rings is 1. The number of nitrogens with one attached hydrogen (secondary N) is 1. The first-order valence-corrected chi connectivity index (χ1v) is 9.50. The predicted octanol–water partition coefficient (Wildman–Crippen LogP) is 2.08. The molecule has 5 nitrogen and oxygen atoms in total. The van der Waals surface area contributed by atoms with Gasteiger partial charge in [-0.1, -0.05) is 38.0 Å². The summed E-state index contributed by atoms with van der Waals surface area (Å²) in [6.07, 6.45) is 3.86. The van der Waals surface area contributed by atoms with Crippen molar-refractivity contribution < 1.29 is 13.2 Å². The molecular weight excluding hydrogens is 300 g/mol. The molecule has 0 spiro atoms. The van der Waals surface area contributed by atoms with Crippen molar-refractivity contribution in [2.75, 3.05) is 23.1 Å². The molecule has 1 aromatic carbocycles. The Morgan fingerprint density at radius 3 is 2.82 bits per heavy atom. The number of hydrogen-bond donors (Lipinski definition) is 1. The number of carbonyl (C=O) groups excluding carboxylic acids is 1. The van der Waals surface area contributed by atoms with E-state index < -0.39 is 10.0 Å². The lowest BCUT2D eigenvalue weighted by Crippen LogP contribution is -2.34. The minimum Gasteiger partial charge on any atom is -0.356 e. The van der Waals surface area contributed by atoms with Crippen molar-refractivity contribution in [2.24, 2.45) is 0 Å². The van der Waals surface area contributed by atoms with Crippen molar-refractivity contribution in [3.63, 3.8) is 0 Å². The van der Waals surface area contributed by atoms with Crippen LogP contribution >= 0.6 is 0 Å². The SMILES string of the molecule is CCCCCNC(=O)CCS(=O)(=O)N1CCc2ccccc21. The lowest BCUT2D eigenvalue weighted by atomic mass is 10.2. The molecule has 1 amide bonds. The topological polar surface area (TPSA) is 66.5 Å². The summed E-state index contributed by atoms with van der Waals surface area (Å²) in [5, 5.41) is 2.78. The van der Waals surface area contributed by atoms with Gasteiger partial charge in [-0.05, 0) is 24.5 Å². The highest BCUT2D eigenvalue weighted by molar-refractivity contribution is 7.92. The van der Waals surface area contributed by atoms with E-state index in [1.807, 2.05) is 24.3 Å². The molecule has 0 radical (unpaired) electrons. The molecule has 0 aromatic heterocycles. The second kappa shape index (κ2) is 7.63. The van der Waals surface area contributed by atoms with Gasteiger partial charge < -0.3 is 5.32 Å². The van der Waals surface area contributed by atoms with E-state index in [1.54, 1.807) is 0 Å². The van der Waals surface area contributed by atoms with Gasteiger partial charge in [0.15, 0.2) is 0 Å². The Labute approximate surface area is 132 Å². The van der Waals surface area contributed by atoms with Crippen LogP contribution in [0.1, 0.15) is 38.2 Å². The number of fused-ring (bicyclic) bond motifs is 1. The summed E-state index contributed by atoms with van der Waals surface area (Å²) in [6, 6.07) is 7.53. The van der Waals surface area contributed by atoms with Crippen molar-refractivity contribution >= 4 is 21.6 Å². The molecule has 1 N–H and O–H groups in total. The average Bonchev–Trinajstić information content (AvgIpc) is 2.94. The molecule has 1 aliphatic heterocycles. The first-order chi connectivity index (χ1) is 10.5. The molecule has 6 heteroatoms. The van der Waals surface area contributed by atoms with Crippen LogP contribution < -0.4 is 9.62 Å². The Morgan fingerprint density at radius 1 is 1.27 bits per heavy atom. The summed E-state index contributed by atoms with van der Waals surface area (Å²) in [4.78, 5) is 11.7. The van der Waals surface area contributed by atoms with Crippen molar-refractivity contribution in [3.8, 4) is 0 Å². The molecule has 0 atom stereocenters. The van der Waals surface area contributed by atoms with Gasteiger partial charge >= 0.3 is 0 Å². The van der Waals surface area contributed by atoms with Gasteiger partial charge in [-0.25, -0.2) is 8.42 Å². The van der Waals surface area contributed by atoms with Gasteiger partial charge in [0.1, 0.15) is 0 Å². The van der Waals surface area contributed by atoms with Gasteiger partial charge in [0.25, 0.3) is 0 Å². The number of anilines is 1. The lowest BCUT2D eigenvalue weighted by Gasteiger charge is -2.19. The molecule has 0 fully saturated rings. The summed E-state index contributed by atoms with van der Waals surface area (Å²) in [6.45, 7) is 3.20. The summed E-state index contributed by atoms with van der Waals surface area (Å²) in [5.74, 6) is -0.326. The quantitative estimate of drug-likeness (QED) is 0.745. The van der Waals surface area contributed by atoms with E-state index in [-0.39, 0.29) is 18.1 Å². The van der Waals surface area contributed by atoms with Gasteiger partial charge in [-0.15, -0.1) is 0 Å². The van der Waals surface area contributed by atoms with Crippen LogP contribution in [0.25, 0.3) is 0 Å². The minimum absolute atomic E-state index is 0.0210. The van der Waals surface area contributed by atoms with Crippen LogP contribution in [-0.2, 0) is 21.2 Å². The Kier molecular flexibility index (Phi) is 5.83.